The predicted octanol–water partition coefficient (Wildman–Crippen LogP) is 3.51. The molecular weight excluding hydrogens is 372 g/mol. The molecule has 0 radical (unpaired) electrons. The normalized spacial score (nSPS) is 11.6. The van der Waals surface area contributed by atoms with Crippen LogP contribution in [0.1, 0.15) is 16.7 Å². The van der Waals surface area contributed by atoms with Crippen molar-refractivity contribution in [3.8, 4) is 6.07 Å². The first-order valence-electron chi connectivity index (χ1n) is 6.04. The average molecular weight is 385 g/mol. The van der Waals surface area contributed by atoms with Crippen molar-refractivity contribution in [1.82, 2.24) is 4.31 Å². The Hall–Kier alpha value is -1.20. The molecule has 2 rings (SSSR count). The van der Waals surface area contributed by atoms with Gasteiger partial charge >= 0.3 is 0 Å². The summed E-state index contributed by atoms with van der Waals surface area (Å²) < 4.78 is 27.3. The summed E-state index contributed by atoms with van der Waals surface area (Å²) in [6, 6.07) is 8.48. The summed E-state index contributed by atoms with van der Waals surface area (Å²) >= 11 is 4.88. The van der Waals surface area contributed by atoms with Crippen LogP contribution in [0.2, 0.25) is 0 Å². The van der Waals surface area contributed by atoms with Crippen molar-refractivity contribution < 1.29 is 8.42 Å². The smallest absolute Gasteiger partial charge is 0.207 e. The molecule has 0 bridgehead atoms. The molecule has 1 heterocycles. The lowest BCUT2D eigenvalue weighted by Crippen LogP contribution is -2.26. The number of halogens is 1. The molecule has 4 nitrogen and oxygen atoms in total. The molecule has 0 amide bonds. The van der Waals surface area contributed by atoms with E-state index in [1.807, 2.05) is 17.5 Å². The predicted molar refractivity (Wildman–Crippen MR) is 86.6 cm³/mol. The van der Waals surface area contributed by atoms with E-state index in [2.05, 4.69) is 15.9 Å². The minimum atomic E-state index is -3.56. The number of nitriles is 1. The minimum absolute atomic E-state index is 0.204. The van der Waals surface area contributed by atoms with Crippen LogP contribution < -0.4 is 0 Å². The number of sulfonamides is 1. The molecule has 21 heavy (non-hydrogen) atoms. The van der Waals surface area contributed by atoms with Crippen LogP contribution in [0.15, 0.2) is 38.3 Å². The van der Waals surface area contributed by atoms with E-state index in [0.717, 1.165) is 9.35 Å². The van der Waals surface area contributed by atoms with Gasteiger partial charge in [-0.15, -0.1) is 11.3 Å². The lowest BCUT2D eigenvalue weighted by molar-refractivity contribution is 0.467. The maximum Gasteiger partial charge on any atom is 0.243 e. The zero-order chi connectivity index (χ0) is 15.6. The van der Waals surface area contributed by atoms with Crippen LogP contribution in [0.3, 0.4) is 0 Å². The van der Waals surface area contributed by atoms with Gasteiger partial charge in [-0.05, 0) is 63.6 Å². The molecule has 0 saturated heterocycles. The number of benzene rings is 1. The van der Waals surface area contributed by atoms with Crippen molar-refractivity contribution in [2.24, 2.45) is 0 Å². The standard InChI is InChI=1S/C14H13BrN2O2S2/c1-10-5-13(4-3-12(10)7-16)21(18,19)17(2)8-11-6-14(15)20-9-11/h3-6,9H,8H2,1-2H3. The lowest BCUT2D eigenvalue weighted by atomic mass is 10.1. The molecule has 0 N–H and O–H groups in total. The Bertz CT molecular complexity index is 807. The van der Waals surface area contributed by atoms with Crippen LogP contribution in [0, 0.1) is 18.3 Å². The van der Waals surface area contributed by atoms with Crippen LogP contribution in [0.25, 0.3) is 0 Å². The van der Waals surface area contributed by atoms with Crippen LogP contribution >= 0.6 is 27.3 Å². The third kappa shape index (κ3) is 3.52. The second kappa shape index (κ2) is 6.28. The highest BCUT2D eigenvalue weighted by Crippen LogP contribution is 2.24. The van der Waals surface area contributed by atoms with Crippen LogP contribution in [-0.2, 0) is 16.6 Å². The van der Waals surface area contributed by atoms with Gasteiger partial charge in [0.25, 0.3) is 0 Å². The summed E-state index contributed by atoms with van der Waals surface area (Å²) in [4.78, 5) is 0.204. The Kier molecular flexibility index (Phi) is 4.84. The van der Waals surface area contributed by atoms with Gasteiger partial charge in [0, 0.05) is 13.6 Å². The van der Waals surface area contributed by atoms with Crippen LogP contribution in [0.5, 0.6) is 0 Å². The van der Waals surface area contributed by atoms with Crippen molar-refractivity contribution in [3.63, 3.8) is 0 Å². The fraction of sp³-hybridized carbons (Fsp3) is 0.214. The van der Waals surface area contributed by atoms with Crippen LogP contribution in [0.4, 0.5) is 0 Å². The van der Waals surface area contributed by atoms with Gasteiger partial charge in [-0.2, -0.15) is 9.57 Å². The molecule has 0 spiro atoms. The molecule has 7 heteroatoms. The number of aryl methyl sites for hydroxylation is 1. The number of hydrogen-bond donors (Lipinski definition) is 0. The minimum Gasteiger partial charge on any atom is -0.207 e. The molecule has 2 aromatic rings. The van der Waals surface area contributed by atoms with E-state index < -0.39 is 10.0 Å². The molecule has 0 atom stereocenters. The maximum atomic E-state index is 12.5. The molecule has 0 aliphatic carbocycles. The SMILES string of the molecule is Cc1cc(S(=O)(=O)N(C)Cc2csc(Br)c2)ccc1C#N. The molecule has 1 aromatic carbocycles. The highest BCUT2D eigenvalue weighted by Gasteiger charge is 2.21. The summed E-state index contributed by atoms with van der Waals surface area (Å²) in [6.45, 7) is 2.04. The zero-order valence-corrected chi connectivity index (χ0v) is 14.7. The van der Waals surface area contributed by atoms with Gasteiger partial charge in [0.1, 0.15) is 0 Å². The Morgan fingerprint density at radius 3 is 2.62 bits per heavy atom. The van der Waals surface area contributed by atoms with E-state index in [0.29, 0.717) is 17.7 Å². The summed E-state index contributed by atoms with van der Waals surface area (Å²) in [5, 5.41) is 10.8. The topological polar surface area (TPSA) is 61.2 Å². The van der Waals surface area contributed by atoms with E-state index in [4.69, 9.17) is 5.26 Å². The molecule has 0 fully saturated rings. The molecular formula is C14H13BrN2O2S2. The van der Waals surface area contributed by atoms with E-state index in [-0.39, 0.29) is 4.90 Å². The highest BCUT2D eigenvalue weighted by molar-refractivity contribution is 9.11. The summed E-state index contributed by atoms with van der Waals surface area (Å²) in [5.41, 5.74) is 2.08. The molecule has 0 unspecified atom stereocenters. The van der Waals surface area contributed by atoms with Gasteiger partial charge in [0.05, 0.1) is 20.3 Å². The van der Waals surface area contributed by atoms with E-state index >= 15 is 0 Å². The summed E-state index contributed by atoms with van der Waals surface area (Å²) in [5.74, 6) is 0. The first kappa shape index (κ1) is 16.2. The van der Waals surface area contributed by atoms with E-state index in [1.165, 1.54) is 33.8 Å². The third-order valence-electron chi connectivity index (χ3n) is 3.05. The van der Waals surface area contributed by atoms with Crippen molar-refractivity contribution in [2.75, 3.05) is 7.05 Å². The lowest BCUT2D eigenvalue weighted by Gasteiger charge is -2.17. The van der Waals surface area contributed by atoms with Gasteiger partial charge in [0.15, 0.2) is 0 Å². The van der Waals surface area contributed by atoms with Gasteiger partial charge in [-0.1, -0.05) is 0 Å². The van der Waals surface area contributed by atoms with Crippen molar-refractivity contribution in [2.45, 2.75) is 18.4 Å². The van der Waals surface area contributed by atoms with Crippen molar-refractivity contribution >= 4 is 37.3 Å². The Morgan fingerprint density at radius 2 is 2.10 bits per heavy atom. The van der Waals surface area contributed by atoms with Gasteiger partial charge in [-0.3, -0.25) is 0 Å². The number of rotatable bonds is 4. The maximum absolute atomic E-state index is 12.5. The molecule has 110 valence electrons. The molecule has 0 aliphatic rings. The van der Waals surface area contributed by atoms with Crippen molar-refractivity contribution in [3.05, 3.63) is 50.1 Å². The second-order valence-electron chi connectivity index (χ2n) is 4.61. The average Bonchev–Trinajstić information content (AvgIpc) is 2.83. The van der Waals surface area contributed by atoms with Gasteiger partial charge < -0.3 is 0 Å². The largest absolute Gasteiger partial charge is 0.243 e. The van der Waals surface area contributed by atoms with E-state index in [9.17, 15) is 8.42 Å². The highest BCUT2D eigenvalue weighted by atomic mass is 79.9. The van der Waals surface area contributed by atoms with Gasteiger partial charge in [0.2, 0.25) is 10.0 Å². The number of hydrogen-bond acceptors (Lipinski definition) is 4. The Morgan fingerprint density at radius 1 is 1.38 bits per heavy atom. The third-order valence-corrected chi connectivity index (χ3v) is 6.41. The monoisotopic (exact) mass is 384 g/mol. The Balaban J connectivity index is 2.29. The molecule has 0 aliphatic heterocycles. The Labute approximate surface area is 136 Å². The fourth-order valence-electron chi connectivity index (χ4n) is 1.87. The number of nitrogens with zero attached hydrogens (tertiary/aromatic N) is 2. The van der Waals surface area contributed by atoms with E-state index in [1.54, 1.807) is 14.0 Å². The molecule has 0 saturated carbocycles. The first-order chi connectivity index (χ1) is 9.84. The molecule has 1 aromatic heterocycles. The summed E-state index contributed by atoms with van der Waals surface area (Å²) in [6.07, 6.45) is 0. The van der Waals surface area contributed by atoms with Crippen LogP contribution in [-0.4, -0.2) is 19.8 Å². The second-order valence-corrected chi connectivity index (χ2v) is 8.94. The van der Waals surface area contributed by atoms with Crippen molar-refractivity contribution in [1.29, 1.82) is 5.26 Å². The zero-order valence-electron chi connectivity index (χ0n) is 11.5. The fourth-order valence-corrected chi connectivity index (χ4v) is 4.32. The first-order valence-corrected chi connectivity index (χ1v) is 9.16. The number of thiophene rings is 1. The quantitative estimate of drug-likeness (QED) is 0.809. The van der Waals surface area contributed by atoms with Gasteiger partial charge in [-0.25, -0.2) is 8.42 Å². The summed E-state index contributed by atoms with van der Waals surface area (Å²) in [7, 11) is -2.01.